The number of alkyl carbamates (subject to hydrolysis) is 1. The second-order valence-corrected chi connectivity index (χ2v) is 11.9. The zero-order valence-corrected chi connectivity index (χ0v) is 30.3. The normalized spacial score (nSPS) is 10.7. The van der Waals surface area contributed by atoms with Gasteiger partial charge in [0.1, 0.15) is 23.5 Å². The van der Waals surface area contributed by atoms with Crippen LogP contribution >= 0.6 is 11.6 Å². The van der Waals surface area contributed by atoms with E-state index in [4.69, 9.17) is 20.8 Å². The van der Waals surface area contributed by atoms with Gasteiger partial charge in [0.15, 0.2) is 5.58 Å². The monoisotopic (exact) mass is 690 g/mol. The number of nitrogens with zero attached hydrogens (tertiary/aromatic N) is 1. The Morgan fingerprint density at radius 1 is 0.959 bits per heavy atom. The lowest BCUT2D eigenvalue weighted by molar-refractivity contribution is -0.127. The molecule has 49 heavy (non-hydrogen) atoms. The van der Waals surface area contributed by atoms with Gasteiger partial charge in [0.05, 0.1) is 0 Å². The van der Waals surface area contributed by atoms with Gasteiger partial charge in [-0.05, 0) is 115 Å². The van der Waals surface area contributed by atoms with E-state index < -0.39 is 0 Å². The first-order valence-corrected chi connectivity index (χ1v) is 15.9. The van der Waals surface area contributed by atoms with Gasteiger partial charge in [-0.2, -0.15) is 0 Å². The fourth-order valence-electron chi connectivity index (χ4n) is 3.70. The summed E-state index contributed by atoms with van der Waals surface area (Å²) in [6, 6.07) is 19.1. The predicted molar refractivity (Wildman–Crippen MR) is 197 cm³/mol. The molecular weight excluding hydrogens is 644 g/mol. The van der Waals surface area contributed by atoms with E-state index in [0.29, 0.717) is 42.8 Å². The van der Waals surface area contributed by atoms with Gasteiger partial charge in [-0.1, -0.05) is 66.2 Å². The van der Waals surface area contributed by atoms with Gasteiger partial charge >= 0.3 is 6.09 Å². The van der Waals surface area contributed by atoms with E-state index >= 15 is 0 Å². The number of rotatable bonds is 9. The van der Waals surface area contributed by atoms with Crippen molar-refractivity contribution >= 4 is 41.7 Å². The zero-order chi connectivity index (χ0) is 36.8. The van der Waals surface area contributed by atoms with Crippen LogP contribution in [0.3, 0.4) is 0 Å². The fourth-order valence-corrected chi connectivity index (χ4v) is 3.99. The Bertz CT molecular complexity index is 1660. The van der Waals surface area contributed by atoms with Crippen LogP contribution in [0.4, 0.5) is 4.79 Å². The standard InChI is InChI=1S/C15H12ClNO.C9H12O2.C8H8O2.C7H15NO2/c1-9-3-4-13-14(7-9)18-15(17-13)11-5-10(2)6-12(16)8-11;1-3-5-6-9(4-2)7-11-8-10;1-7-2-4-8(5-3-7)10-6-9;1-5-8-6(9)10-7(2,3)4/h3-8H,1-2H3;3-6,8H,1,7H2,2H3;2-6H,1H3;5H2,1-4H3,(H,8,9)/b;6-5-,9-4+;;. The average Bonchev–Trinajstić information content (AvgIpc) is 3.46. The van der Waals surface area contributed by atoms with Crippen LogP contribution in [0, 0.1) is 20.8 Å². The lowest BCUT2D eigenvalue weighted by atomic mass is 10.1. The topological polar surface area (TPSA) is 117 Å². The first-order chi connectivity index (χ1) is 23.2. The number of hydrogen-bond acceptors (Lipinski definition) is 8. The number of aromatic nitrogens is 1. The number of amides is 1. The van der Waals surface area contributed by atoms with Crippen molar-refractivity contribution in [3.63, 3.8) is 0 Å². The second kappa shape index (κ2) is 22.4. The number of aryl methyl sites for hydroxylation is 3. The summed E-state index contributed by atoms with van der Waals surface area (Å²) < 4.78 is 19.8. The number of oxazole rings is 1. The molecule has 3 aromatic carbocycles. The number of fused-ring (bicyclic) bond motifs is 1. The van der Waals surface area contributed by atoms with Crippen molar-refractivity contribution in [2.45, 2.75) is 61.0 Å². The van der Waals surface area contributed by atoms with Crippen LogP contribution in [0.2, 0.25) is 5.02 Å². The number of benzene rings is 3. The maximum absolute atomic E-state index is 10.7. The molecule has 4 aromatic rings. The third kappa shape index (κ3) is 18.1. The van der Waals surface area contributed by atoms with Crippen molar-refractivity contribution in [2.75, 3.05) is 13.2 Å². The Balaban J connectivity index is 0.000000342. The van der Waals surface area contributed by atoms with Crippen LogP contribution in [0.25, 0.3) is 22.6 Å². The fraction of sp³-hybridized carbons (Fsp3) is 0.282. The summed E-state index contributed by atoms with van der Waals surface area (Å²) in [5.74, 6) is 1.20. The van der Waals surface area contributed by atoms with E-state index in [2.05, 4.69) is 26.4 Å². The number of halogens is 1. The number of allylic oxidation sites excluding steroid dienone is 3. The summed E-state index contributed by atoms with van der Waals surface area (Å²) >= 11 is 6.05. The highest BCUT2D eigenvalue weighted by Gasteiger charge is 2.14. The molecule has 1 aromatic heterocycles. The summed E-state index contributed by atoms with van der Waals surface area (Å²) in [6.07, 6.45) is 6.84. The molecule has 0 fully saturated rings. The first kappa shape index (κ1) is 41.9. The molecule has 0 radical (unpaired) electrons. The van der Waals surface area contributed by atoms with Crippen LogP contribution in [-0.4, -0.2) is 42.8 Å². The van der Waals surface area contributed by atoms with Gasteiger partial charge in [-0.25, -0.2) is 9.78 Å². The molecule has 0 atom stereocenters. The quantitative estimate of drug-likeness (QED) is 0.136. The van der Waals surface area contributed by atoms with E-state index in [1.807, 2.05) is 116 Å². The van der Waals surface area contributed by atoms with Gasteiger partial charge in [0.25, 0.3) is 12.9 Å². The highest BCUT2D eigenvalue weighted by Crippen LogP contribution is 2.27. The lowest BCUT2D eigenvalue weighted by Gasteiger charge is -2.19. The molecule has 0 aliphatic carbocycles. The SMILES string of the molecule is C=C/C=C\C(=C/C)COC=O.CCNC(=O)OC(C)(C)C.Cc1cc(Cl)cc(-c2nc3ccc(C)cc3o2)c1.Cc1ccc(OC=O)cc1. The maximum Gasteiger partial charge on any atom is 0.407 e. The molecule has 262 valence electrons. The Morgan fingerprint density at radius 2 is 1.63 bits per heavy atom. The highest BCUT2D eigenvalue weighted by molar-refractivity contribution is 6.30. The molecule has 0 bridgehead atoms. The lowest BCUT2D eigenvalue weighted by Crippen LogP contribution is -2.32. The number of ether oxygens (including phenoxy) is 3. The largest absolute Gasteiger partial charge is 0.463 e. The van der Waals surface area contributed by atoms with Crippen molar-refractivity contribution in [3.8, 4) is 17.2 Å². The van der Waals surface area contributed by atoms with Crippen LogP contribution in [-0.2, 0) is 19.1 Å². The Hall–Kier alpha value is -5.15. The molecule has 10 heteroatoms. The first-order valence-electron chi connectivity index (χ1n) is 15.5. The molecule has 0 aliphatic rings. The second-order valence-electron chi connectivity index (χ2n) is 11.4. The van der Waals surface area contributed by atoms with Crippen molar-refractivity contribution in [2.24, 2.45) is 0 Å². The molecule has 1 heterocycles. The smallest absolute Gasteiger partial charge is 0.407 e. The van der Waals surface area contributed by atoms with Gasteiger partial charge in [-0.3, -0.25) is 9.59 Å². The minimum absolute atomic E-state index is 0.324. The van der Waals surface area contributed by atoms with Crippen molar-refractivity contribution in [1.82, 2.24) is 10.3 Å². The van der Waals surface area contributed by atoms with E-state index in [9.17, 15) is 14.4 Å². The molecule has 0 saturated carbocycles. The molecule has 0 unspecified atom stereocenters. The summed E-state index contributed by atoms with van der Waals surface area (Å²) in [5, 5.41) is 3.24. The molecule has 0 saturated heterocycles. The summed E-state index contributed by atoms with van der Waals surface area (Å²) in [5.41, 5.74) is 6.56. The highest BCUT2D eigenvalue weighted by atomic mass is 35.5. The number of carbonyl (C=O) groups excluding carboxylic acids is 3. The molecule has 0 aliphatic heterocycles. The zero-order valence-electron chi connectivity index (χ0n) is 29.5. The molecule has 1 N–H and O–H groups in total. The van der Waals surface area contributed by atoms with Crippen molar-refractivity contribution in [1.29, 1.82) is 0 Å². The third-order valence-corrected chi connectivity index (χ3v) is 6.11. The van der Waals surface area contributed by atoms with Crippen molar-refractivity contribution < 1.29 is 33.0 Å². The van der Waals surface area contributed by atoms with E-state index in [1.165, 1.54) is 0 Å². The summed E-state index contributed by atoms with van der Waals surface area (Å²) in [7, 11) is 0. The third-order valence-electron chi connectivity index (χ3n) is 5.89. The predicted octanol–water partition coefficient (Wildman–Crippen LogP) is 9.67. The molecule has 1 amide bonds. The van der Waals surface area contributed by atoms with Gasteiger partial charge in [-0.15, -0.1) is 0 Å². The molecule has 4 rings (SSSR count). The van der Waals surface area contributed by atoms with E-state index in [0.717, 1.165) is 38.9 Å². The van der Waals surface area contributed by atoms with Crippen LogP contribution in [0.15, 0.2) is 102 Å². The van der Waals surface area contributed by atoms with E-state index in [1.54, 1.807) is 24.3 Å². The average molecular weight is 691 g/mol. The Morgan fingerprint density at radius 3 is 2.18 bits per heavy atom. The van der Waals surface area contributed by atoms with E-state index in [-0.39, 0.29) is 11.7 Å². The minimum Gasteiger partial charge on any atom is -0.463 e. The summed E-state index contributed by atoms with van der Waals surface area (Å²) in [6.45, 7) is 20.6. The maximum atomic E-state index is 10.7. The van der Waals surface area contributed by atoms with Gasteiger partial charge < -0.3 is 23.9 Å². The number of carbonyl (C=O) groups is 3. The van der Waals surface area contributed by atoms with Crippen LogP contribution < -0.4 is 10.1 Å². The Kier molecular flexibility index (Phi) is 19.2. The van der Waals surface area contributed by atoms with Gasteiger partial charge in [0, 0.05) is 17.1 Å². The van der Waals surface area contributed by atoms with Crippen LogP contribution in [0.5, 0.6) is 5.75 Å². The molecule has 9 nitrogen and oxygen atoms in total. The van der Waals surface area contributed by atoms with Crippen LogP contribution in [0.1, 0.15) is 51.3 Å². The Labute approximate surface area is 294 Å². The number of nitrogens with one attached hydrogen (secondary N) is 1. The minimum atomic E-state index is -0.390. The van der Waals surface area contributed by atoms with Crippen molar-refractivity contribution in [3.05, 3.63) is 119 Å². The summed E-state index contributed by atoms with van der Waals surface area (Å²) in [4.78, 5) is 34.8. The molecule has 0 spiro atoms. The molecular formula is C39H47ClN2O7. The van der Waals surface area contributed by atoms with Gasteiger partial charge in [0.2, 0.25) is 5.89 Å². The number of hydrogen-bond donors (Lipinski definition) is 1.